The molecule has 0 aliphatic carbocycles. The van der Waals surface area contributed by atoms with Crippen LogP contribution in [0.4, 0.5) is 10.3 Å². The van der Waals surface area contributed by atoms with Crippen molar-refractivity contribution < 1.29 is 19.1 Å². The SMILES string of the molecule is Cc1cccc(CN=C/C(=C\N)NC(=O)c2nccnc2N)c1.O=CNCCCOF. The Labute approximate surface area is 179 Å². The minimum absolute atomic E-state index is 0.0407. The van der Waals surface area contributed by atoms with Crippen molar-refractivity contribution in [2.24, 2.45) is 10.7 Å². The van der Waals surface area contributed by atoms with Crippen molar-refractivity contribution in [2.45, 2.75) is 19.9 Å². The van der Waals surface area contributed by atoms with Crippen molar-refractivity contribution in [3.05, 3.63) is 65.4 Å². The summed E-state index contributed by atoms with van der Waals surface area (Å²) in [6.07, 6.45) is 6.63. The highest BCUT2D eigenvalue weighted by Crippen LogP contribution is 2.06. The minimum atomic E-state index is -0.491. The van der Waals surface area contributed by atoms with Crippen LogP contribution in [0, 0.1) is 6.92 Å². The van der Waals surface area contributed by atoms with Gasteiger partial charge >= 0.3 is 0 Å². The summed E-state index contributed by atoms with van der Waals surface area (Å²) in [6, 6.07) is 8.01. The summed E-state index contributed by atoms with van der Waals surface area (Å²) in [5.74, 6) is -0.438. The molecular weight excluding hydrogens is 405 g/mol. The van der Waals surface area contributed by atoms with Gasteiger partial charge in [0, 0.05) is 31.4 Å². The smallest absolute Gasteiger partial charge is 0.278 e. The van der Waals surface area contributed by atoms with E-state index in [0.29, 0.717) is 31.6 Å². The first-order valence-electron chi connectivity index (χ1n) is 9.27. The van der Waals surface area contributed by atoms with Gasteiger partial charge in [-0.25, -0.2) is 9.97 Å². The van der Waals surface area contributed by atoms with Crippen LogP contribution < -0.4 is 22.1 Å². The molecule has 0 saturated heterocycles. The molecule has 1 aromatic carbocycles. The first-order valence-corrected chi connectivity index (χ1v) is 9.27. The molecule has 0 unspecified atom stereocenters. The molecule has 2 rings (SSSR count). The Hall–Kier alpha value is -3.86. The zero-order valence-corrected chi connectivity index (χ0v) is 17.1. The Morgan fingerprint density at radius 2 is 2.10 bits per heavy atom. The third-order valence-corrected chi connectivity index (χ3v) is 3.59. The first kappa shape index (κ1) is 25.2. The van der Waals surface area contributed by atoms with Gasteiger partial charge in [-0.05, 0) is 23.4 Å². The summed E-state index contributed by atoms with van der Waals surface area (Å²) in [5, 5.41) is 4.94. The minimum Gasteiger partial charge on any atom is -0.403 e. The number of nitrogen functional groups attached to an aromatic ring is 1. The maximum atomic E-state index is 12.1. The summed E-state index contributed by atoms with van der Waals surface area (Å²) in [6.45, 7) is 3.01. The van der Waals surface area contributed by atoms with Crippen LogP contribution in [0.25, 0.3) is 0 Å². The maximum absolute atomic E-state index is 12.1. The van der Waals surface area contributed by atoms with Gasteiger partial charge in [-0.15, -0.1) is 0 Å². The number of nitrogens with zero attached hydrogens (tertiary/aromatic N) is 3. The van der Waals surface area contributed by atoms with Crippen LogP contribution in [0.3, 0.4) is 0 Å². The lowest BCUT2D eigenvalue weighted by Crippen LogP contribution is -2.26. The zero-order valence-electron chi connectivity index (χ0n) is 17.1. The molecule has 11 heteroatoms. The van der Waals surface area contributed by atoms with E-state index in [-0.39, 0.29) is 18.1 Å². The molecule has 166 valence electrons. The number of aromatic nitrogens is 2. The number of hydrogen-bond acceptors (Lipinski definition) is 8. The highest BCUT2D eigenvalue weighted by atomic mass is 19.3. The van der Waals surface area contributed by atoms with Gasteiger partial charge < -0.3 is 22.1 Å². The normalized spacial score (nSPS) is 10.8. The van der Waals surface area contributed by atoms with Crippen LogP contribution in [-0.4, -0.2) is 41.7 Å². The number of rotatable bonds is 10. The number of nitrogens with two attached hydrogens (primary N) is 2. The Balaban J connectivity index is 0.000000512. The van der Waals surface area contributed by atoms with Gasteiger partial charge in [0.25, 0.3) is 5.91 Å². The zero-order chi connectivity index (χ0) is 22.9. The maximum Gasteiger partial charge on any atom is 0.278 e. The number of nitrogens with one attached hydrogen (secondary N) is 2. The van der Waals surface area contributed by atoms with Crippen LogP contribution >= 0.6 is 0 Å². The van der Waals surface area contributed by atoms with Crippen molar-refractivity contribution in [2.75, 3.05) is 18.9 Å². The van der Waals surface area contributed by atoms with Crippen LogP contribution in [0.2, 0.25) is 0 Å². The van der Waals surface area contributed by atoms with E-state index in [0.717, 1.165) is 5.56 Å². The fourth-order valence-electron chi connectivity index (χ4n) is 2.18. The number of carbonyl (C=O) groups is 2. The topological polar surface area (TPSA) is 158 Å². The molecule has 31 heavy (non-hydrogen) atoms. The summed E-state index contributed by atoms with van der Waals surface area (Å²) in [7, 11) is 0. The number of allylic oxidation sites excluding steroid dienone is 1. The predicted octanol–water partition coefficient (Wildman–Crippen LogP) is 1.19. The molecule has 1 aromatic heterocycles. The van der Waals surface area contributed by atoms with Crippen molar-refractivity contribution in [1.82, 2.24) is 20.6 Å². The summed E-state index contributed by atoms with van der Waals surface area (Å²) >= 11 is 0. The van der Waals surface area contributed by atoms with Crippen LogP contribution in [0.1, 0.15) is 28.0 Å². The van der Waals surface area contributed by atoms with E-state index in [1.54, 1.807) is 0 Å². The van der Waals surface area contributed by atoms with Crippen molar-refractivity contribution in [1.29, 1.82) is 0 Å². The molecule has 2 aromatic rings. The summed E-state index contributed by atoms with van der Waals surface area (Å²) < 4.78 is 10.8. The Bertz CT molecular complexity index is 891. The van der Waals surface area contributed by atoms with Crippen molar-refractivity contribution >= 4 is 24.3 Å². The molecule has 2 amide bonds. The molecule has 10 nitrogen and oxygen atoms in total. The first-order chi connectivity index (χ1) is 15.0. The van der Waals surface area contributed by atoms with Gasteiger partial charge in [-0.3, -0.25) is 14.6 Å². The Kier molecular flexibility index (Phi) is 12.2. The number of amides is 2. The van der Waals surface area contributed by atoms with E-state index in [9.17, 15) is 14.1 Å². The standard InChI is InChI=1S/C16H18N6O.C4H8FNO2/c1-11-3-2-4-12(7-11)9-19-10-13(8-17)22-16(23)14-15(18)21-6-5-20-14;5-8-3-1-2-6-4-7/h2-8,10H,9,17H2,1H3,(H2,18,21)(H,22,23);4H,1-3H2,(H,6,7)/b13-8+,19-10?;. The van der Waals surface area contributed by atoms with E-state index in [4.69, 9.17) is 11.5 Å². The lowest BCUT2D eigenvalue weighted by molar-refractivity contribution is -0.132. The molecule has 0 fully saturated rings. The molecule has 1 heterocycles. The molecule has 0 atom stereocenters. The molecule has 0 aliphatic heterocycles. The van der Waals surface area contributed by atoms with Gasteiger partial charge in [0.15, 0.2) is 11.5 Å². The quantitative estimate of drug-likeness (QED) is 0.250. The van der Waals surface area contributed by atoms with Gasteiger partial charge in [-0.1, -0.05) is 29.8 Å². The lowest BCUT2D eigenvalue weighted by Gasteiger charge is -2.05. The molecular formula is C20H26FN7O3. The second-order valence-corrected chi connectivity index (χ2v) is 6.06. The monoisotopic (exact) mass is 431 g/mol. The van der Waals surface area contributed by atoms with Crippen LogP contribution in [0.15, 0.2) is 53.5 Å². The van der Waals surface area contributed by atoms with Crippen molar-refractivity contribution in [3.63, 3.8) is 0 Å². The molecule has 0 bridgehead atoms. The van der Waals surface area contributed by atoms with E-state index < -0.39 is 5.91 Å². The number of halogens is 1. The van der Waals surface area contributed by atoms with E-state index >= 15 is 0 Å². The second-order valence-electron chi connectivity index (χ2n) is 6.06. The number of benzene rings is 1. The summed E-state index contributed by atoms with van der Waals surface area (Å²) in [4.78, 5) is 36.8. The third kappa shape index (κ3) is 10.5. The average Bonchev–Trinajstić information content (AvgIpc) is 2.77. The highest BCUT2D eigenvalue weighted by Gasteiger charge is 2.12. The predicted molar refractivity (Wildman–Crippen MR) is 115 cm³/mol. The summed E-state index contributed by atoms with van der Waals surface area (Å²) in [5.41, 5.74) is 13.7. The average molecular weight is 431 g/mol. The lowest BCUT2D eigenvalue weighted by atomic mass is 10.1. The largest absolute Gasteiger partial charge is 0.403 e. The Morgan fingerprint density at radius 3 is 2.74 bits per heavy atom. The number of aryl methyl sites for hydroxylation is 1. The molecule has 6 N–H and O–H groups in total. The second kappa shape index (κ2) is 15.0. The molecule has 0 spiro atoms. The van der Waals surface area contributed by atoms with E-state index in [2.05, 4.69) is 30.5 Å². The number of hydrogen-bond donors (Lipinski definition) is 4. The Morgan fingerprint density at radius 1 is 1.32 bits per heavy atom. The molecule has 0 aliphatic rings. The van der Waals surface area contributed by atoms with Gasteiger partial charge in [0.05, 0.1) is 18.8 Å². The molecule has 0 saturated carbocycles. The van der Waals surface area contributed by atoms with Gasteiger partial charge in [0.1, 0.15) is 0 Å². The number of aliphatic imine (C=N–C) groups is 1. The van der Waals surface area contributed by atoms with Gasteiger partial charge in [-0.2, -0.15) is 4.94 Å². The number of anilines is 1. The van der Waals surface area contributed by atoms with E-state index in [1.807, 2.05) is 31.2 Å². The van der Waals surface area contributed by atoms with Gasteiger partial charge in [0.2, 0.25) is 6.41 Å². The highest BCUT2D eigenvalue weighted by molar-refractivity contribution is 6.00. The van der Waals surface area contributed by atoms with Crippen LogP contribution in [-0.2, 0) is 16.3 Å². The van der Waals surface area contributed by atoms with E-state index in [1.165, 1.54) is 30.4 Å². The third-order valence-electron chi connectivity index (χ3n) is 3.59. The van der Waals surface area contributed by atoms with Crippen molar-refractivity contribution in [3.8, 4) is 0 Å². The number of carbonyl (C=O) groups excluding carboxylic acids is 2. The fourth-order valence-corrected chi connectivity index (χ4v) is 2.18. The fraction of sp³-hybridized carbons (Fsp3) is 0.250. The van der Waals surface area contributed by atoms with Crippen LogP contribution in [0.5, 0.6) is 0 Å². The molecule has 0 radical (unpaired) electrons.